The molecule has 2 unspecified atom stereocenters. The van der Waals surface area contributed by atoms with Gasteiger partial charge in [-0.05, 0) is 38.6 Å². The zero-order chi connectivity index (χ0) is 12.4. The Bertz CT molecular complexity index is 398. The summed E-state index contributed by atoms with van der Waals surface area (Å²) < 4.78 is 5.46. The summed E-state index contributed by atoms with van der Waals surface area (Å²) in [5.74, 6) is 1.35. The smallest absolute Gasteiger partial charge is 0.0934 e. The number of hydrogen-bond acceptors (Lipinski definition) is 4. The second kappa shape index (κ2) is 5.68. The summed E-state index contributed by atoms with van der Waals surface area (Å²) in [4.78, 5) is 6.49. The molecule has 3 rings (SSSR count). The standard InChI is InChI=1S/C14H22N2OS/c1-15-8-11-3-2-4-12-14(11)16-13(18-12)7-10-5-6-17-9-10/h10-11,15H,2-9H2,1H3. The van der Waals surface area contributed by atoms with E-state index in [9.17, 15) is 0 Å². The quantitative estimate of drug-likeness (QED) is 0.908. The third-order valence-corrected chi connectivity index (χ3v) is 5.21. The molecule has 2 atom stereocenters. The Kier molecular flexibility index (Phi) is 3.97. The number of likely N-dealkylation sites (N-methyl/N-ethyl adjacent to an activating group) is 1. The number of thiazole rings is 1. The van der Waals surface area contributed by atoms with Gasteiger partial charge in [0.2, 0.25) is 0 Å². The van der Waals surface area contributed by atoms with Crippen molar-refractivity contribution >= 4 is 11.3 Å². The molecule has 1 aromatic heterocycles. The highest BCUT2D eigenvalue weighted by molar-refractivity contribution is 7.11. The predicted molar refractivity (Wildman–Crippen MR) is 74.3 cm³/mol. The number of aromatic nitrogens is 1. The number of fused-ring (bicyclic) bond motifs is 1. The highest BCUT2D eigenvalue weighted by atomic mass is 32.1. The number of nitrogens with one attached hydrogen (secondary N) is 1. The van der Waals surface area contributed by atoms with Crippen molar-refractivity contribution in [2.45, 2.75) is 38.0 Å². The molecular weight excluding hydrogens is 244 g/mol. The average Bonchev–Trinajstić information content (AvgIpc) is 2.99. The lowest BCUT2D eigenvalue weighted by Gasteiger charge is -2.20. The topological polar surface area (TPSA) is 34.1 Å². The first kappa shape index (κ1) is 12.6. The van der Waals surface area contributed by atoms with Gasteiger partial charge in [0, 0.05) is 37.0 Å². The molecule has 0 bridgehead atoms. The van der Waals surface area contributed by atoms with E-state index in [1.54, 1.807) is 4.88 Å². The van der Waals surface area contributed by atoms with E-state index >= 15 is 0 Å². The van der Waals surface area contributed by atoms with Crippen molar-refractivity contribution in [2.24, 2.45) is 5.92 Å². The van der Waals surface area contributed by atoms with Crippen molar-refractivity contribution in [1.29, 1.82) is 0 Å². The Balaban J connectivity index is 1.73. The Labute approximate surface area is 113 Å². The summed E-state index contributed by atoms with van der Waals surface area (Å²) in [6.45, 7) is 2.95. The molecule has 2 aliphatic rings. The van der Waals surface area contributed by atoms with Crippen LogP contribution in [0.15, 0.2) is 0 Å². The summed E-state index contributed by atoms with van der Waals surface area (Å²) in [6.07, 6.45) is 6.21. The van der Waals surface area contributed by atoms with Crippen LogP contribution in [0, 0.1) is 5.92 Å². The molecule has 18 heavy (non-hydrogen) atoms. The molecule has 1 aliphatic carbocycles. The van der Waals surface area contributed by atoms with E-state index in [4.69, 9.17) is 9.72 Å². The molecule has 0 spiro atoms. The lowest BCUT2D eigenvalue weighted by molar-refractivity contribution is 0.186. The van der Waals surface area contributed by atoms with E-state index in [2.05, 4.69) is 5.32 Å². The Hall–Kier alpha value is -0.450. The second-order valence-corrected chi connectivity index (χ2v) is 6.66. The fourth-order valence-corrected chi connectivity index (χ4v) is 4.39. The third-order valence-electron chi connectivity index (χ3n) is 4.05. The van der Waals surface area contributed by atoms with Gasteiger partial charge in [-0.25, -0.2) is 4.98 Å². The van der Waals surface area contributed by atoms with Crippen LogP contribution < -0.4 is 5.32 Å². The molecule has 1 saturated heterocycles. The molecule has 0 amide bonds. The molecule has 4 heteroatoms. The zero-order valence-corrected chi connectivity index (χ0v) is 11.9. The van der Waals surface area contributed by atoms with E-state index in [0.717, 1.165) is 26.2 Å². The lowest BCUT2D eigenvalue weighted by Crippen LogP contribution is -2.21. The van der Waals surface area contributed by atoms with Crippen LogP contribution in [0.2, 0.25) is 0 Å². The molecule has 1 aromatic rings. The fraction of sp³-hybridized carbons (Fsp3) is 0.786. The molecule has 0 saturated carbocycles. The van der Waals surface area contributed by atoms with Crippen molar-refractivity contribution < 1.29 is 4.74 Å². The predicted octanol–water partition coefficient (Wildman–Crippen LogP) is 2.36. The highest BCUT2D eigenvalue weighted by Gasteiger charge is 2.25. The number of hydrogen-bond donors (Lipinski definition) is 1. The van der Waals surface area contributed by atoms with Crippen molar-refractivity contribution in [1.82, 2.24) is 10.3 Å². The van der Waals surface area contributed by atoms with Crippen LogP contribution in [0.25, 0.3) is 0 Å². The van der Waals surface area contributed by atoms with Gasteiger partial charge in [0.1, 0.15) is 0 Å². The van der Waals surface area contributed by atoms with Gasteiger partial charge >= 0.3 is 0 Å². The monoisotopic (exact) mass is 266 g/mol. The van der Waals surface area contributed by atoms with Crippen molar-refractivity contribution in [3.05, 3.63) is 15.6 Å². The molecule has 100 valence electrons. The first-order valence-electron chi connectivity index (χ1n) is 7.07. The summed E-state index contributed by atoms with van der Waals surface area (Å²) in [7, 11) is 2.04. The maximum Gasteiger partial charge on any atom is 0.0934 e. The summed E-state index contributed by atoms with van der Waals surface area (Å²) in [5, 5.41) is 4.65. The molecule has 0 radical (unpaired) electrons. The Morgan fingerprint density at radius 1 is 1.44 bits per heavy atom. The summed E-state index contributed by atoms with van der Waals surface area (Å²) in [6, 6.07) is 0. The molecule has 2 heterocycles. The molecule has 1 aliphatic heterocycles. The third kappa shape index (κ3) is 2.60. The minimum absolute atomic E-state index is 0.642. The van der Waals surface area contributed by atoms with Gasteiger partial charge in [-0.15, -0.1) is 11.3 Å². The molecular formula is C14H22N2OS. The van der Waals surface area contributed by atoms with E-state index in [1.165, 1.54) is 36.4 Å². The Morgan fingerprint density at radius 2 is 2.39 bits per heavy atom. The van der Waals surface area contributed by atoms with Gasteiger partial charge < -0.3 is 10.1 Å². The SMILES string of the molecule is CNCC1CCCc2sc(CC3CCOC3)nc21. The maximum absolute atomic E-state index is 5.46. The van der Waals surface area contributed by atoms with Crippen molar-refractivity contribution in [2.75, 3.05) is 26.8 Å². The van der Waals surface area contributed by atoms with Crippen molar-refractivity contribution in [3.8, 4) is 0 Å². The first-order chi connectivity index (χ1) is 8.86. The molecule has 3 nitrogen and oxygen atoms in total. The van der Waals surface area contributed by atoms with Crippen molar-refractivity contribution in [3.63, 3.8) is 0 Å². The van der Waals surface area contributed by atoms with Crippen LogP contribution in [-0.2, 0) is 17.6 Å². The van der Waals surface area contributed by atoms with Gasteiger partial charge in [-0.2, -0.15) is 0 Å². The largest absolute Gasteiger partial charge is 0.381 e. The van der Waals surface area contributed by atoms with Crippen LogP contribution in [0.4, 0.5) is 0 Å². The highest BCUT2D eigenvalue weighted by Crippen LogP contribution is 2.35. The number of rotatable bonds is 4. The van der Waals surface area contributed by atoms with Crippen LogP contribution in [0.5, 0.6) is 0 Å². The van der Waals surface area contributed by atoms with E-state index in [-0.39, 0.29) is 0 Å². The summed E-state index contributed by atoms with van der Waals surface area (Å²) in [5.41, 5.74) is 1.40. The number of nitrogens with zero attached hydrogens (tertiary/aromatic N) is 1. The van der Waals surface area contributed by atoms with Crippen LogP contribution in [-0.4, -0.2) is 31.8 Å². The minimum atomic E-state index is 0.642. The van der Waals surface area contributed by atoms with E-state index in [1.807, 2.05) is 18.4 Å². The second-order valence-electron chi connectivity index (χ2n) is 5.50. The van der Waals surface area contributed by atoms with Crippen LogP contribution in [0.1, 0.15) is 40.8 Å². The zero-order valence-electron chi connectivity index (χ0n) is 11.1. The van der Waals surface area contributed by atoms with Gasteiger partial charge in [-0.1, -0.05) is 0 Å². The van der Waals surface area contributed by atoms with Gasteiger partial charge in [0.15, 0.2) is 0 Å². The minimum Gasteiger partial charge on any atom is -0.381 e. The molecule has 1 fully saturated rings. The van der Waals surface area contributed by atoms with Gasteiger partial charge in [0.25, 0.3) is 0 Å². The number of ether oxygens (including phenoxy) is 1. The lowest BCUT2D eigenvalue weighted by atomic mass is 9.91. The van der Waals surface area contributed by atoms with E-state index < -0.39 is 0 Å². The Morgan fingerprint density at radius 3 is 3.17 bits per heavy atom. The van der Waals surface area contributed by atoms with E-state index in [0.29, 0.717) is 11.8 Å². The van der Waals surface area contributed by atoms with Gasteiger partial charge in [-0.3, -0.25) is 0 Å². The average molecular weight is 266 g/mol. The summed E-state index contributed by atoms with van der Waals surface area (Å²) >= 11 is 1.96. The molecule has 0 aromatic carbocycles. The van der Waals surface area contributed by atoms with Crippen LogP contribution in [0.3, 0.4) is 0 Å². The normalized spacial score (nSPS) is 27.4. The molecule has 1 N–H and O–H groups in total. The fourth-order valence-electron chi connectivity index (χ4n) is 3.08. The number of aryl methyl sites for hydroxylation is 1. The first-order valence-corrected chi connectivity index (χ1v) is 7.89. The maximum atomic E-state index is 5.46. The van der Waals surface area contributed by atoms with Gasteiger partial charge in [0.05, 0.1) is 10.7 Å². The van der Waals surface area contributed by atoms with Crippen LogP contribution >= 0.6 is 11.3 Å².